The van der Waals surface area contributed by atoms with Crippen LogP contribution in [0.25, 0.3) is 0 Å². The van der Waals surface area contributed by atoms with E-state index in [2.05, 4.69) is 42.3 Å². The van der Waals surface area contributed by atoms with E-state index in [1.807, 2.05) is 7.05 Å². The summed E-state index contributed by atoms with van der Waals surface area (Å²) in [6, 6.07) is 7.32. The van der Waals surface area contributed by atoms with E-state index >= 15 is 0 Å². The molecule has 1 aliphatic heterocycles. The van der Waals surface area contributed by atoms with Crippen molar-refractivity contribution in [2.24, 2.45) is 0 Å². The third-order valence-electron chi connectivity index (χ3n) is 4.11. The van der Waals surface area contributed by atoms with Crippen molar-refractivity contribution in [1.29, 1.82) is 0 Å². The van der Waals surface area contributed by atoms with Gasteiger partial charge in [0, 0.05) is 19.1 Å². The Labute approximate surface area is 123 Å². The smallest absolute Gasteiger partial charge is 0.142 e. The number of hydrogen-bond donors (Lipinski definition) is 1. The molecule has 0 aromatic heterocycles. The van der Waals surface area contributed by atoms with Crippen molar-refractivity contribution < 1.29 is 4.74 Å². The lowest BCUT2D eigenvalue weighted by atomic mass is 9.98. The molecule has 0 amide bonds. The fourth-order valence-electron chi connectivity index (χ4n) is 3.12. The van der Waals surface area contributed by atoms with E-state index in [9.17, 15) is 0 Å². The second kappa shape index (κ2) is 7.53. The van der Waals surface area contributed by atoms with E-state index in [0.29, 0.717) is 6.04 Å². The van der Waals surface area contributed by atoms with Gasteiger partial charge >= 0.3 is 0 Å². The Morgan fingerprint density at radius 1 is 1.30 bits per heavy atom. The molecular formula is C17H28N2O. The van der Waals surface area contributed by atoms with Crippen LogP contribution < -0.4 is 15.0 Å². The minimum absolute atomic E-state index is 0.665. The maximum atomic E-state index is 5.90. The molecule has 1 unspecified atom stereocenters. The maximum absolute atomic E-state index is 5.90. The van der Waals surface area contributed by atoms with Crippen molar-refractivity contribution >= 4 is 5.69 Å². The Kier molecular flexibility index (Phi) is 5.72. The molecule has 1 heterocycles. The summed E-state index contributed by atoms with van der Waals surface area (Å²) in [6.07, 6.45) is 5.17. The highest BCUT2D eigenvalue weighted by molar-refractivity contribution is 5.60. The highest BCUT2D eigenvalue weighted by atomic mass is 16.5. The van der Waals surface area contributed by atoms with Crippen LogP contribution in [0.4, 0.5) is 5.69 Å². The summed E-state index contributed by atoms with van der Waals surface area (Å²) in [5.74, 6) is 1.04. The summed E-state index contributed by atoms with van der Waals surface area (Å²) in [5, 5.41) is 3.20. The molecule has 20 heavy (non-hydrogen) atoms. The van der Waals surface area contributed by atoms with E-state index in [1.54, 1.807) is 0 Å². The fraction of sp³-hybridized carbons (Fsp3) is 0.647. The number of piperidine rings is 1. The van der Waals surface area contributed by atoms with Crippen LogP contribution in [0.1, 0.15) is 45.1 Å². The summed E-state index contributed by atoms with van der Waals surface area (Å²) in [4.78, 5) is 2.55. The first-order valence-corrected chi connectivity index (χ1v) is 7.97. The van der Waals surface area contributed by atoms with Crippen LogP contribution in [0.15, 0.2) is 18.2 Å². The molecular weight excluding hydrogens is 248 g/mol. The predicted molar refractivity (Wildman–Crippen MR) is 85.7 cm³/mol. The number of nitrogens with one attached hydrogen (secondary N) is 1. The Balaban J connectivity index is 2.28. The largest absolute Gasteiger partial charge is 0.492 e. The van der Waals surface area contributed by atoms with Gasteiger partial charge in [-0.3, -0.25) is 0 Å². The van der Waals surface area contributed by atoms with E-state index in [0.717, 1.165) is 25.4 Å². The van der Waals surface area contributed by atoms with Crippen LogP contribution in [0.5, 0.6) is 5.75 Å². The van der Waals surface area contributed by atoms with E-state index < -0.39 is 0 Å². The van der Waals surface area contributed by atoms with Gasteiger partial charge in [-0.25, -0.2) is 0 Å². The van der Waals surface area contributed by atoms with Crippen molar-refractivity contribution in [3.05, 3.63) is 23.8 Å². The van der Waals surface area contributed by atoms with Crippen LogP contribution in [-0.2, 0) is 6.54 Å². The summed E-state index contributed by atoms with van der Waals surface area (Å²) in [6.45, 7) is 7.11. The lowest BCUT2D eigenvalue weighted by Gasteiger charge is -2.38. The molecule has 0 saturated carbocycles. The molecule has 2 rings (SSSR count). The van der Waals surface area contributed by atoms with Crippen molar-refractivity contribution in [2.75, 3.05) is 25.1 Å². The molecule has 0 aliphatic carbocycles. The van der Waals surface area contributed by atoms with Crippen LogP contribution in [-0.4, -0.2) is 26.2 Å². The van der Waals surface area contributed by atoms with E-state index in [4.69, 9.17) is 4.74 Å². The zero-order valence-corrected chi connectivity index (χ0v) is 13.1. The van der Waals surface area contributed by atoms with Gasteiger partial charge in [-0.05, 0) is 57.4 Å². The van der Waals surface area contributed by atoms with E-state index in [-0.39, 0.29) is 0 Å². The summed E-state index contributed by atoms with van der Waals surface area (Å²) >= 11 is 0. The molecule has 0 radical (unpaired) electrons. The molecule has 0 bridgehead atoms. The van der Waals surface area contributed by atoms with Crippen LogP contribution >= 0.6 is 0 Å². The Bertz CT molecular complexity index is 419. The average molecular weight is 276 g/mol. The second-order valence-corrected chi connectivity index (χ2v) is 5.52. The number of anilines is 1. The molecule has 3 nitrogen and oxygen atoms in total. The van der Waals surface area contributed by atoms with Gasteiger partial charge in [-0.1, -0.05) is 13.0 Å². The molecule has 1 aromatic rings. The Morgan fingerprint density at radius 3 is 2.85 bits per heavy atom. The summed E-state index contributed by atoms with van der Waals surface area (Å²) < 4.78 is 5.90. The van der Waals surface area contributed by atoms with Gasteiger partial charge < -0.3 is 15.0 Å². The highest BCUT2D eigenvalue weighted by Crippen LogP contribution is 2.34. The Hall–Kier alpha value is -1.22. The van der Waals surface area contributed by atoms with Gasteiger partial charge in [0.05, 0.1) is 12.3 Å². The minimum Gasteiger partial charge on any atom is -0.492 e. The van der Waals surface area contributed by atoms with Crippen molar-refractivity contribution in [3.63, 3.8) is 0 Å². The topological polar surface area (TPSA) is 24.5 Å². The molecule has 1 N–H and O–H groups in total. The number of hydrogen-bond acceptors (Lipinski definition) is 3. The number of nitrogens with zero attached hydrogens (tertiary/aromatic N) is 1. The monoisotopic (exact) mass is 276 g/mol. The third-order valence-corrected chi connectivity index (χ3v) is 4.11. The van der Waals surface area contributed by atoms with Crippen molar-refractivity contribution in [1.82, 2.24) is 5.32 Å². The second-order valence-electron chi connectivity index (χ2n) is 5.52. The fourth-order valence-corrected chi connectivity index (χ4v) is 3.12. The number of rotatable bonds is 6. The predicted octanol–water partition coefficient (Wildman–Crippen LogP) is 3.57. The van der Waals surface area contributed by atoms with E-state index in [1.165, 1.54) is 36.9 Å². The molecule has 1 aromatic carbocycles. The lowest BCUT2D eigenvalue weighted by molar-refractivity contribution is 0.336. The molecule has 1 aliphatic rings. The summed E-state index contributed by atoms with van der Waals surface area (Å²) in [7, 11) is 1.98. The normalized spacial score (nSPS) is 19.1. The van der Waals surface area contributed by atoms with Gasteiger partial charge in [0.2, 0.25) is 0 Å². The zero-order chi connectivity index (χ0) is 14.4. The number of benzene rings is 1. The summed E-state index contributed by atoms with van der Waals surface area (Å²) in [5.41, 5.74) is 2.56. The van der Waals surface area contributed by atoms with Crippen LogP contribution in [0, 0.1) is 0 Å². The van der Waals surface area contributed by atoms with Gasteiger partial charge in [-0.15, -0.1) is 0 Å². The maximum Gasteiger partial charge on any atom is 0.142 e. The molecule has 1 atom stereocenters. The first-order valence-electron chi connectivity index (χ1n) is 7.97. The lowest BCUT2D eigenvalue weighted by Crippen LogP contribution is -2.39. The van der Waals surface area contributed by atoms with Gasteiger partial charge in [-0.2, -0.15) is 0 Å². The average Bonchev–Trinajstić information content (AvgIpc) is 2.48. The van der Waals surface area contributed by atoms with Gasteiger partial charge in [0.15, 0.2) is 0 Å². The molecule has 3 heteroatoms. The van der Waals surface area contributed by atoms with Crippen molar-refractivity contribution in [3.8, 4) is 5.75 Å². The number of ether oxygens (including phenoxy) is 1. The van der Waals surface area contributed by atoms with Gasteiger partial charge in [0.1, 0.15) is 5.75 Å². The molecule has 1 saturated heterocycles. The first-order chi connectivity index (χ1) is 9.80. The quantitative estimate of drug-likeness (QED) is 0.859. The van der Waals surface area contributed by atoms with Crippen molar-refractivity contribution in [2.45, 2.75) is 52.1 Å². The first kappa shape index (κ1) is 15.2. The van der Waals surface area contributed by atoms with Crippen LogP contribution in [0.3, 0.4) is 0 Å². The highest BCUT2D eigenvalue weighted by Gasteiger charge is 2.23. The third kappa shape index (κ3) is 3.45. The molecule has 0 spiro atoms. The Morgan fingerprint density at radius 2 is 2.15 bits per heavy atom. The van der Waals surface area contributed by atoms with Gasteiger partial charge in [0.25, 0.3) is 0 Å². The van der Waals surface area contributed by atoms with Crippen LogP contribution in [0.2, 0.25) is 0 Å². The standard InChI is InChI=1S/C17H28N2O/c1-4-15-8-6-7-11-19(15)16-10-9-14(13-18-3)12-17(16)20-5-2/h9-10,12,15,18H,4-8,11,13H2,1-3H3. The molecule has 112 valence electrons. The zero-order valence-electron chi connectivity index (χ0n) is 13.1. The molecule has 1 fully saturated rings. The SMILES string of the molecule is CCOc1cc(CNC)ccc1N1CCCCC1CC. The minimum atomic E-state index is 0.665.